The van der Waals surface area contributed by atoms with Crippen LogP contribution in [0, 0.1) is 12.7 Å². The highest BCUT2D eigenvalue weighted by atomic mass is 35.5. The van der Waals surface area contributed by atoms with Crippen molar-refractivity contribution < 1.29 is 17.6 Å². The van der Waals surface area contributed by atoms with E-state index in [2.05, 4.69) is 15.3 Å². The Morgan fingerprint density at radius 1 is 1.20 bits per heavy atom. The summed E-state index contributed by atoms with van der Waals surface area (Å²) in [4.78, 5) is 8.40. The lowest BCUT2D eigenvalue weighted by Crippen LogP contribution is -2.43. The summed E-state index contributed by atoms with van der Waals surface area (Å²) in [5, 5.41) is 2.00. The molecule has 0 fully saturated rings. The Balaban J connectivity index is 1.96. The molecule has 2 aromatic carbocycles. The van der Waals surface area contributed by atoms with Crippen molar-refractivity contribution in [3.8, 4) is 0 Å². The molecule has 160 valence electrons. The standard InChI is InChI=1S/C21H19Cl2F4N3/c1-12-5-13(3-4-14(12)9-29-11-28-2)18-8-20(10-30-18,21(25,26)27)15-6-16(22)19(24)17(23)7-15/h3-7,9,28H,8,10-11H2,1-2H3/b29-9+. The van der Waals surface area contributed by atoms with Crippen molar-refractivity contribution in [2.45, 2.75) is 24.9 Å². The molecule has 1 heterocycles. The molecule has 0 spiro atoms. The smallest absolute Gasteiger partial charge is 0.301 e. The highest BCUT2D eigenvalue weighted by Gasteiger charge is 2.58. The number of halogens is 6. The van der Waals surface area contributed by atoms with Crippen LogP contribution in [-0.2, 0) is 5.41 Å². The highest BCUT2D eigenvalue weighted by molar-refractivity contribution is 6.35. The van der Waals surface area contributed by atoms with Crippen LogP contribution in [0.2, 0.25) is 10.0 Å². The molecule has 3 rings (SSSR count). The van der Waals surface area contributed by atoms with Crippen LogP contribution >= 0.6 is 23.2 Å². The minimum Gasteiger partial charge on any atom is -0.301 e. The Labute approximate surface area is 181 Å². The molecule has 1 N–H and O–H groups in total. The molecule has 0 radical (unpaired) electrons. The third kappa shape index (κ3) is 4.24. The third-order valence-electron chi connectivity index (χ3n) is 5.17. The molecule has 1 unspecified atom stereocenters. The number of nitrogens with one attached hydrogen (secondary N) is 1. The van der Waals surface area contributed by atoms with E-state index in [1.807, 2.05) is 6.92 Å². The fraction of sp³-hybridized carbons (Fsp3) is 0.333. The lowest BCUT2D eigenvalue weighted by molar-refractivity contribution is -0.183. The molecule has 9 heteroatoms. The second-order valence-electron chi connectivity index (χ2n) is 7.17. The summed E-state index contributed by atoms with van der Waals surface area (Å²) in [7, 11) is 1.78. The van der Waals surface area contributed by atoms with Crippen molar-refractivity contribution in [3.05, 3.63) is 68.4 Å². The van der Waals surface area contributed by atoms with Crippen LogP contribution in [0.1, 0.15) is 28.7 Å². The van der Waals surface area contributed by atoms with Crippen molar-refractivity contribution in [1.29, 1.82) is 0 Å². The Kier molecular flexibility index (Phi) is 6.55. The lowest BCUT2D eigenvalue weighted by Gasteiger charge is -2.32. The maximum absolute atomic E-state index is 14.2. The maximum atomic E-state index is 14.2. The average Bonchev–Trinajstić information content (AvgIpc) is 3.14. The molecule has 3 nitrogen and oxygen atoms in total. The third-order valence-corrected chi connectivity index (χ3v) is 5.72. The molecule has 30 heavy (non-hydrogen) atoms. The van der Waals surface area contributed by atoms with E-state index in [1.54, 1.807) is 31.5 Å². The van der Waals surface area contributed by atoms with Crippen molar-refractivity contribution in [3.63, 3.8) is 0 Å². The van der Waals surface area contributed by atoms with Crippen LogP contribution in [0.3, 0.4) is 0 Å². The summed E-state index contributed by atoms with van der Waals surface area (Å²) in [5.74, 6) is -0.940. The molecular weight excluding hydrogens is 441 g/mol. The topological polar surface area (TPSA) is 36.8 Å². The van der Waals surface area contributed by atoms with Gasteiger partial charge in [0.2, 0.25) is 0 Å². The Bertz CT molecular complexity index is 995. The van der Waals surface area contributed by atoms with E-state index in [-0.39, 0.29) is 12.0 Å². The van der Waals surface area contributed by atoms with Gasteiger partial charge in [-0.2, -0.15) is 13.2 Å². The van der Waals surface area contributed by atoms with Crippen molar-refractivity contribution in [1.82, 2.24) is 5.32 Å². The summed E-state index contributed by atoms with van der Waals surface area (Å²) in [5.41, 5.74) is 0.149. The first kappa shape index (κ1) is 22.7. The monoisotopic (exact) mass is 459 g/mol. The summed E-state index contributed by atoms with van der Waals surface area (Å²) < 4.78 is 56.3. The van der Waals surface area contributed by atoms with E-state index in [1.165, 1.54) is 0 Å². The van der Waals surface area contributed by atoms with E-state index >= 15 is 0 Å². The van der Waals surface area contributed by atoms with Gasteiger partial charge in [-0.3, -0.25) is 9.98 Å². The summed E-state index contributed by atoms with van der Waals surface area (Å²) in [6.45, 7) is 1.80. The number of alkyl halides is 3. The van der Waals surface area contributed by atoms with Gasteiger partial charge in [0.25, 0.3) is 0 Å². The molecular formula is C21H19Cl2F4N3. The van der Waals surface area contributed by atoms with Gasteiger partial charge in [0, 0.05) is 18.3 Å². The summed E-state index contributed by atoms with van der Waals surface area (Å²) >= 11 is 11.5. The Morgan fingerprint density at radius 2 is 1.87 bits per heavy atom. The normalized spacial score (nSPS) is 19.5. The van der Waals surface area contributed by atoms with Gasteiger partial charge in [-0.05, 0) is 54.4 Å². The number of rotatable bonds is 5. The van der Waals surface area contributed by atoms with E-state index in [9.17, 15) is 17.6 Å². The predicted octanol–water partition coefficient (Wildman–Crippen LogP) is 5.73. The fourth-order valence-electron chi connectivity index (χ4n) is 3.44. The van der Waals surface area contributed by atoms with Crippen LogP contribution in [-0.4, -0.2) is 38.4 Å². The number of aliphatic imine (C=N–C) groups is 2. The molecule has 0 aromatic heterocycles. The Morgan fingerprint density at radius 3 is 2.43 bits per heavy atom. The molecule has 2 aromatic rings. The predicted molar refractivity (Wildman–Crippen MR) is 113 cm³/mol. The lowest BCUT2D eigenvalue weighted by atomic mass is 9.76. The molecule has 0 saturated heterocycles. The SMILES string of the molecule is CNC/N=C/c1ccc(C2=NCC(c3cc(Cl)c(F)c(Cl)c3)(C(F)(F)F)C2)cc1C. The average molecular weight is 460 g/mol. The molecule has 1 atom stereocenters. The number of benzene rings is 2. The van der Waals surface area contributed by atoms with Crippen LogP contribution < -0.4 is 5.32 Å². The number of nitrogens with zero attached hydrogens (tertiary/aromatic N) is 2. The largest absolute Gasteiger partial charge is 0.400 e. The highest BCUT2D eigenvalue weighted by Crippen LogP contribution is 2.49. The number of aryl methyl sites for hydroxylation is 1. The minimum atomic E-state index is -4.63. The van der Waals surface area contributed by atoms with Crippen LogP contribution in [0.5, 0.6) is 0 Å². The van der Waals surface area contributed by atoms with Crippen LogP contribution in [0.15, 0.2) is 40.3 Å². The van der Waals surface area contributed by atoms with Crippen molar-refractivity contribution >= 4 is 35.1 Å². The molecule has 0 bridgehead atoms. The van der Waals surface area contributed by atoms with Gasteiger partial charge in [0.15, 0.2) is 5.82 Å². The molecule has 1 aliphatic heterocycles. The quantitative estimate of drug-likeness (QED) is 0.346. The zero-order valence-electron chi connectivity index (χ0n) is 16.2. The summed E-state index contributed by atoms with van der Waals surface area (Å²) in [6, 6.07) is 7.29. The zero-order valence-corrected chi connectivity index (χ0v) is 17.8. The van der Waals surface area contributed by atoms with Gasteiger partial charge >= 0.3 is 6.18 Å². The molecule has 1 aliphatic rings. The summed E-state index contributed by atoms with van der Waals surface area (Å²) in [6.07, 6.45) is -3.31. The van der Waals surface area contributed by atoms with E-state index < -0.39 is 34.0 Å². The minimum absolute atomic E-state index is 0.197. The maximum Gasteiger partial charge on any atom is 0.400 e. The first-order chi connectivity index (χ1) is 14.1. The van der Waals surface area contributed by atoms with Gasteiger partial charge < -0.3 is 5.32 Å². The van der Waals surface area contributed by atoms with E-state index in [0.717, 1.165) is 23.3 Å². The first-order valence-corrected chi connectivity index (χ1v) is 9.85. The molecule has 0 amide bonds. The van der Waals surface area contributed by atoms with Crippen molar-refractivity contribution in [2.24, 2.45) is 9.98 Å². The second kappa shape index (κ2) is 8.65. The zero-order chi connectivity index (χ0) is 22.1. The van der Waals surface area contributed by atoms with Gasteiger partial charge in [-0.15, -0.1) is 0 Å². The van der Waals surface area contributed by atoms with Gasteiger partial charge in [0.1, 0.15) is 5.41 Å². The van der Waals surface area contributed by atoms with Gasteiger partial charge in [-0.1, -0.05) is 35.3 Å². The van der Waals surface area contributed by atoms with Gasteiger partial charge in [-0.25, -0.2) is 4.39 Å². The molecule has 0 aliphatic carbocycles. The van der Waals surface area contributed by atoms with Gasteiger partial charge in [0.05, 0.1) is 23.3 Å². The van der Waals surface area contributed by atoms with E-state index in [4.69, 9.17) is 23.2 Å². The van der Waals surface area contributed by atoms with E-state index in [0.29, 0.717) is 17.9 Å². The Hall–Kier alpha value is -1.96. The fourth-order valence-corrected chi connectivity index (χ4v) is 3.92. The first-order valence-electron chi connectivity index (χ1n) is 9.09. The van der Waals surface area contributed by atoms with Crippen LogP contribution in [0.25, 0.3) is 0 Å². The number of hydrogen-bond donors (Lipinski definition) is 1. The molecule has 0 saturated carbocycles. The van der Waals surface area contributed by atoms with Crippen LogP contribution in [0.4, 0.5) is 17.6 Å². The van der Waals surface area contributed by atoms with Crippen molar-refractivity contribution in [2.75, 3.05) is 20.3 Å². The second-order valence-corrected chi connectivity index (χ2v) is 7.98. The number of hydrogen-bond acceptors (Lipinski definition) is 3.